The van der Waals surface area contributed by atoms with E-state index in [1.807, 2.05) is 0 Å². The van der Waals surface area contributed by atoms with Crippen molar-refractivity contribution in [3.8, 4) is 0 Å². The van der Waals surface area contributed by atoms with Crippen LogP contribution in [0.1, 0.15) is 13.3 Å². The molecule has 96 valence electrons. The molecule has 1 N–H and O–H groups in total. The number of carbonyl (C=O) groups is 3. The third-order valence-corrected chi connectivity index (χ3v) is 2.84. The first-order valence-corrected chi connectivity index (χ1v) is 5.98. The van der Waals surface area contributed by atoms with Gasteiger partial charge in [0.05, 0.1) is 0 Å². The van der Waals surface area contributed by atoms with Gasteiger partial charge in [0, 0.05) is 33.1 Å². The Labute approximate surface area is 105 Å². The van der Waals surface area contributed by atoms with Gasteiger partial charge in [-0.25, -0.2) is 4.79 Å². The molecule has 0 aromatic carbocycles. The topological polar surface area (TPSA) is 69.7 Å². The fraction of sp³-hybridized carbons (Fsp3) is 0.700. The Morgan fingerprint density at radius 1 is 1.12 bits per heavy atom. The van der Waals surface area contributed by atoms with E-state index in [0.717, 1.165) is 0 Å². The highest BCUT2D eigenvalue weighted by molar-refractivity contribution is 6.28. The van der Waals surface area contributed by atoms with Crippen LogP contribution in [0.15, 0.2) is 0 Å². The summed E-state index contributed by atoms with van der Waals surface area (Å²) in [6.45, 7) is 3.61. The molecule has 7 heteroatoms. The quantitative estimate of drug-likeness (QED) is 0.677. The van der Waals surface area contributed by atoms with Crippen molar-refractivity contribution in [3.63, 3.8) is 0 Å². The maximum Gasteiger partial charge on any atom is 0.324 e. The summed E-state index contributed by atoms with van der Waals surface area (Å²) in [4.78, 5) is 37.0. The lowest BCUT2D eigenvalue weighted by Crippen LogP contribution is -2.45. The molecule has 0 aromatic rings. The van der Waals surface area contributed by atoms with Crippen molar-refractivity contribution >= 4 is 29.4 Å². The molecule has 0 atom stereocenters. The van der Waals surface area contributed by atoms with Gasteiger partial charge in [0.15, 0.2) is 0 Å². The van der Waals surface area contributed by atoms with Gasteiger partial charge in [-0.3, -0.25) is 14.9 Å². The monoisotopic (exact) mass is 261 g/mol. The highest BCUT2D eigenvalue weighted by Gasteiger charge is 2.21. The normalized spacial score (nSPS) is 16.4. The van der Waals surface area contributed by atoms with Crippen molar-refractivity contribution in [1.29, 1.82) is 0 Å². The Bertz CT molecular complexity index is 322. The second-order valence-electron chi connectivity index (χ2n) is 3.83. The zero-order chi connectivity index (χ0) is 12.8. The predicted molar refractivity (Wildman–Crippen MR) is 62.7 cm³/mol. The number of nitrogens with one attached hydrogen (secondary N) is 1. The summed E-state index contributed by atoms with van der Waals surface area (Å²) in [5.74, 6) is -0.743. The predicted octanol–water partition coefficient (Wildman–Crippen LogP) is 0.0156. The van der Waals surface area contributed by atoms with E-state index in [1.165, 1.54) is 11.8 Å². The van der Waals surface area contributed by atoms with Crippen molar-refractivity contribution in [2.24, 2.45) is 0 Å². The van der Waals surface area contributed by atoms with Crippen LogP contribution in [0.3, 0.4) is 0 Å². The van der Waals surface area contributed by atoms with E-state index in [0.29, 0.717) is 32.6 Å². The zero-order valence-corrected chi connectivity index (χ0v) is 10.5. The first kappa shape index (κ1) is 13.8. The molecule has 1 aliphatic heterocycles. The van der Waals surface area contributed by atoms with Crippen LogP contribution in [0.4, 0.5) is 4.79 Å². The number of hydrogen-bond acceptors (Lipinski definition) is 3. The molecule has 1 rings (SSSR count). The fourth-order valence-electron chi connectivity index (χ4n) is 1.67. The van der Waals surface area contributed by atoms with Gasteiger partial charge in [-0.05, 0) is 6.42 Å². The van der Waals surface area contributed by atoms with Gasteiger partial charge in [-0.1, -0.05) is 0 Å². The molecule has 0 bridgehead atoms. The van der Waals surface area contributed by atoms with Crippen molar-refractivity contribution in [2.45, 2.75) is 13.3 Å². The molecule has 1 heterocycles. The molecule has 17 heavy (non-hydrogen) atoms. The van der Waals surface area contributed by atoms with E-state index in [2.05, 4.69) is 5.32 Å². The molecule has 4 amide bonds. The first-order chi connectivity index (χ1) is 8.04. The molecule has 6 nitrogen and oxygen atoms in total. The van der Waals surface area contributed by atoms with Crippen LogP contribution >= 0.6 is 11.6 Å². The summed E-state index contributed by atoms with van der Waals surface area (Å²) in [6, 6.07) is -0.443. The number of halogens is 1. The maximum atomic E-state index is 11.6. The fourth-order valence-corrected chi connectivity index (χ4v) is 1.73. The Balaban J connectivity index is 2.48. The summed E-state index contributed by atoms with van der Waals surface area (Å²) >= 11 is 5.30. The third-order valence-electron chi connectivity index (χ3n) is 2.60. The molecule has 1 fully saturated rings. The molecular weight excluding hydrogens is 246 g/mol. The summed E-state index contributed by atoms with van der Waals surface area (Å²) in [5.41, 5.74) is 0. The van der Waals surface area contributed by atoms with Gasteiger partial charge < -0.3 is 9.80 Å². The number of urea groups is 1. The Kier molecular flexibility index (Phi) is 5.21. The third kappa shape index (κ3) is 4.22. The van der Waals surface area contributed by atoms with E-state index >= 15 is 0 Å². The van der Waals surface area contributed by atoms with E-state index in [-0.39, 0.29) is 11.8 Å². The maximum absolute atomic E-state index is 11.6. The highest BCUT2D eigenvalue weighted by Crippen LogP contribution is 2.03. The van der Waals surface area contributed by atoms with Gasteiger partial charge in [-0.2, -0.15) is 0 Å². The van der Waals surface area contributed by atoms with Gasteiger partial charge >= 0.3 is 6.03 Å². The number of hydrogen-bond donors (Lipinski definition) is 1. The Morgan fingerprint density at radius 3 is 2.29 bits per heavy atom. The number of amides is 4. The van der Waals surface area contributed by atoms with Gasteiger partial charge in [0.1, 0.15) is 5.88 Å². The van der Waals surface area contributed by atoms with E-state index in [9.17, 15) is 14.4 Å². The van der Waals surface area contributed by atoms with Crippen molar-refractivity contribution in [2.75, 3.05) is 32.1 Å². The average molecular weight is 262 g/mol. The number of alkyl halides is 1. The molecular formula is C10H16ClN3O3. The summed E-state index contributed by atoms with van der Waals surface area (Å²) < 4.78 is 0. The molecule has 0 spiro atoms. The van der Waals surface area contributed by atoms with Crippen LogP contribution in [-0.4, -0.2) is 59.7 Å². The lowest BCUT2D eigenvalue weighted by atomic mass is 10.4. The number of rotatable bonds is 1. The second kappa shape index (κ2) is 6.44. The van der Waals surface area contributed by atoms with Crippen LogP contribution in [-0.2, 0) is 9.59 Å². The van der Waals surface area contributed by atoms with Crippen LogP contribution < -0.4 is 5.32 Å². The Hall–Kier alpha value is -1.30. The van der Waals surface area contributed by atoms with E-state index < -0.39 is 11.9 Å². The highest BCUT2D eigenvalue weighted by atomic mass is 35.5. The van der Waals surface area contributed by atoms with Crippen LogP contribution in [0.2, 0.25) is 0 Å². The van der Waals surface area contributed by atoms with Crippen LogP contribution in [0.25, 0.3) is 0 Å². The standard InChI is InChI=1S/C10H16ClN3O3/c1-8(15)13-3-2-4-14(6-5-13)10(17)12-9(16)7-11/h2-7H2,1H3,(H,12,16,17). The number of imide groups is 1. The van der Waals surface area contributed by atoms with E-state index in [4.69, 9.17) is 11.6 Å². The van der Waals surface area contributed by atoms with E-state index in [1.54, 1.807) is 4.90 Å². The molecule has 0 radical (unpaired) electrons. The molecule has 0 unspecified atom stereocenters. The Morgan fingerprint density at radius 2 is 1.71 bits per heavy atom. The van der Waals surface area contributed by atoms with Crippen molar-refractivity contribution < 1.29 is 14.4 Å². The first-order valence-electron chi connectivity index (χ1n) is 5.45. The lowest BCUT2D eigenvalue weighted by Gasteiger charge is -2.21. The molecule has 0 aliphatic carbocycles. The summed E-state index contributed by atoms with van der Waals surface area (Å²) in [5, 5.41) is 2.18. The molecule has 0 saturated carbocycles. The van der Waals surface area contributed by atoms with Crippen LogP contribution in [0.5, 0.6) is 0 Å². The second-order valence-corrected chi connectivity index (χ2v) is 4.10. The summed E-state index contributed by atoms with van der Waals surface area (Å²) in [7, 11) is 0. The van der Waals surface area contributed by atoms with Gasteiger partial charge in [-0.15, -0.1) is 11.6 Å². The van der Waals surface area contributed by atoms with Gasteiger partial charge in [0.25, 0.3) is 0 Å². The minimum atomic E-state index is -0.510. The smallest absolute Gasteiger partial charge is 0.324 e. The van der Waals surface area contributed by atoms with Gasteiger partial charge in [0.2, 0.25) is 11.8 Å². The largest absolute Gasteiger partial charge is 0.341 e. The van der Waals surface area contributed by atoms with Crippen LogP contribution in [0, 0.1) is 0 Å². The minimum absolute atomic E-state index is 0.00379. The average Bonchev–Trinajstić information content (AvgIpc) is 2.54. The SMILES string of the molecule is CC(=O)N1CCCN(C(=O)NC(=O)CCl)CC1. The number of nitrogens with zero attached hydrogens (tertiary/aromatic N) is 2. The zero-order valence-electron chi connectivity index (χ0n) is 9.74. The molecule has 0 aromatic heterocycles. The summed E-state index contributed by atoms with van der Waals surface area (Å²) in [6.07, 6.45) is 0.710. The number of carbonyl (C=O) groups excluding carboxylic acids is 3. The van der Waals surface area contributed by atoms with Crippen molar-refractivity contribution in [1.82, 2.24) is 15.1 Å². The molecule has 1 aliphatic rings. The lowest BCUT2D eigenvalue weighted by molar-refractivity contribution is -0.128. The van der Waals surface area contributed by atoms with Crippen molar-refractivity contribution in [3.05, 3.63) is 0 Å². The molecule has 1 saturated heterocycles. The minimum Gasteiger partial charge on any atom is -0.341 e.